The van der Waals surface area contributed by atoms with Gasteiger partial charge < -0.3 is 10.6 Å². The molecular formula is C14H23N3. The van der Waals surface area contributed by atoms with E-state index in [9.17, 15) is 0 Å². The van der Waals surface area contributed by atoms with Crippen LogP contribution in [-0.4, -0.2) is 24.5 Å². The van der Waals surface area contributed by atoms with Crippen molar-refractivity contribution in [3.05, 3.63) is 35.9 Å². The molecule has 0 radical (unpaired) electrons. The summed E-state index contributed by atoms with van der Waals surface area (Å²) in [7, 11) is 2.00. The molecule has 94 valence electrons. The fourth-order valence-electron chi connectivity index (χ4n) is 1.59. The van der Waals surface area contributed by atoms with Gasteiger partial charge in [-0.3, -0.25) is 0 Å². The quantitative estimate of drug-likeness (QED) is 0.466. The second kappa shape index (κ2) is 7.71. The molecule has 2 N–H and O–H groups in total. The Kier molecular flexibility index (Phi) is 6.15. The first-order valence-corrected chi connectivity index (χ1v) is 6.29. The van der Waals surface area contributed by atoms with Crippen molar-refractivity contribution in [1.29, 1.82) is 0 Å². The zero-order valence-corrected chi connectivity index (χ0v) is 10.9. The number of guanidine groups is 1. The molecule has 0 spiro atoms. The van der Waals surface area contributed by atoms with Gasteiger partial charge in [0, 0.05) is 13.6 Å². The van der Waals surface area contributed by atoms with Crippen molar-refractivity contribution in [3.63, 3.8) is 0 Å². The molecule has 17 heavy (non-hydrogen) atoms. The molecule has 0 bridgehead atoms. The fourth-order valence-corrected chi connectivity index (χ4v) is 1.59. The maximum atomic E-state index is 5.92. The summed E-state index contributed by atoms with van der Waals surface area (Å²) in [5.74, 6) is 0.630. The summed E-state index contributed by atoms with van der Waals surface area (Å²) < 4.78 is 0. The lowest BCUT2D eigenvalue weighted by Gasteiger charge is -2.17. The Morgan fingerprint density at radius 1 is 1.24 bits per heavy atom. The first-order chi connectivity index (χ1) is 8.24. The summed E-state index contributed by atoms with van der Waals surface area (Å²) in [6, 6.07) is 10.2. The molecule has 0 unspecified atom stereocenters. The van der Waals surface area contributed by atoms with Gasteiger partial charge >= 0.3 is 0 Å². The molecule has 0 aliphatic heterocycles. The predicted molar refractivity (Wildman–Crippen MR) is 73.9 cm³/mol. The van der Waals surface area contributed by atoms with E-state index in [1.54, 1.807) is 0 Å². The molecule has 1 rings (SSSR count). The largest absolute Gasteiger partial charge is 0.370 e. The lowest BCUT2D eigenvalue weighted by molar-refractivity contribution is 0.469. The Morgan fingerprint density at radius 2 is 1.94 bits per heavy atom. The molecule has 1 aromatic rings. The van der Waals surface area contributed by atoms with Gasteiger partial charge in [0.15, 0.2) is 5.96 Å². The van der Waals surface area contributed by atoms with Gasteiger partial charge in [-0.05, 0) is 12.0 Å². The molecular weight excluding hydrogens is 210 g/mol. The third-order valence-corrected chi connectivity index (χ3v) is 2.75. The number of aliphatic imine (C=N–C) groups is 1. The van der Waals surface area contributed by atoms with E-state index in [2.05, 4.69) is 24.0 Å². The lowest BCUT2D eigenvalue weighted by Crippen LogP contribution is -2.34. The third kappa shape index (κ3) is 5.38. The SMILES string of the molecule is CCCCCN(C)C(N)=NCc1ccccc1. The Morgan fingerprint density at radius 3 is 2.59 bits per heavy atom. The van der Waals surface area contributed by atoms with E-state index in [1.165, 1.54) is 24.8 Å². The lowest BCUT2D eigenvalue weighted by atomic mass is 10.2. The number of hydrogen-bond donors (Lipinski definition) is 1. The van der Waals surface area contributed by atoms with E-state index in [0.717, 1.165) is 6.54 Å². The highest BCUT2D eigenvalue weighted by atomic mass is 15.2. The monoisotopic (exact) mass is 233 g/mol. The van der Waals surface area contributed by atoms with E-state index >= 15 is 0 Å². The minimum Gasteiger partial charge on any atom is -0.370 e. The van der Waals surface area contributed by atoms with Crippen LogP contribution in [0.5, 0.6) is 0 Å². The molecule has 0 aliphatic carbocycles. The standard InChI is InChI=1S/C14H23N3/c1-3-4-8-11-17(2)14(15)16-12-13-9-6-5-7-10-13/h5-7,9-10H,3-4,8,11-12H2,1-2H3,(H2,15,16). The van der Waals surface area contributed by atoms with Crippen LogP contribution in [0, 0.1) is 0 Å². The fraction of sp³-hybridized carbons (Fsp3) is 0.500. The number of benzene rings is 1. The summed E-state index contributed by atoms with van der Waals surface area (Å²) in [5.41, 5.74) is 7.12. The smallest absolute Gasteiger partial charge is 0.191 e. The first-order valence-electron chi connectivity index (χ1n) is 6.29. The zero-order valence-electron chi connectivity index (χ0n) is 10.9. The Labute approximate surface area is 104 Å². The van der Waals surface area contributed by atoms with Crippen LogP contribution in [0.1, 0.15) is 31.7 Å². The highest BCUT2D eigenvalue weighted by Crippen LogP contribution is 2.01. The molecule has 0 heterocycles. The van der Waals surface area contributed by atoms with Gasteiger partial charge in [-0.15, -0.1) is 0 Å². The Bertz CT molecular complexity index is 333. The average Bonchev–Trinajstić information content (AvgIpc) is 2.37. The topological polar surface area (TPSA) is 41.6 Å². The first kappa shape index (κ1) is 13.6. The van der Waals surface area contributed by atoms with E-state index in [0.29, 0.717) is 12.5 Å². The molecule has 3 heteroatoms. The predicted octanol–water partition coefficient (Wildman–Crippen LogP) is 2.62. The van der Waals surface area contributed by atoms with Gasteiger partial charge in [0.2, 0.25) is 0 Å². The molecule has 0 aliphatic rings. The summed E-state index contributed by atoms with van der Waals surface area (Å²) >= 11 is 0. The van der Waals surface area contributed by atoms with Crippen LogP contribution in [0.15, 0.2) is 35.3 Å². The normalized spacial score (nSPS) is 11.5. The number of nitrogens with two attached hydrogens (primary N) is 1. The van der Waals surface area contributed by atoms with Gasteiger partial charge in [-0.1, -0.05) is 50.1 Å². The number of nitrogens with zero attached hydrogens (tertiary/aromatic N) is 2. The molecule has 0 saturated heterocycles. The van der Waals surface area contributed by atoms with Crippen molar-refractivity contribution in [1.82, 2.24) is 4.90 Å². The number of rotatable bonds is 6. The van der Waals surface area contributed by atoms with Crippen LogP contribution < -0.4 is 5.73 Å². The number of unbranched alkanes of at least 4 members (excludes halogenated alkanes) is 2. The van der Waals surface area contributed by atoms with Crippen LogP contribution in [0.25, 0.3) is 0 Å². The highest BCUT2D eigenvalue weighted by Gasteiger charge is 2.00. The second-order valence-electron chi connectivity index (χ2n) is 4.29. The van der Waals surface area contributed by atoms with E-state index in [1.807, 2.05) is 30.1 Å². The van der Waals surface area contributed by atoms with Crippen LogP contribution in [0.2, 0.25) is 0 Å². The molecule has 3 nitrogen and oxygen atoms in total. The van der Waals surface area contributed by atoms with E-state index < -0.39 is 0 Å². The molecule has 0 atom stereocenters. The maximum absolute atomic E-state index is 5.92. The van der Waals surface area contributed by atoms with E-state index in [-0.39, 0.29) is 0 Å². The molecule has 0 fully saturated rings. The zero-order chi connectivity index (χ0) is 12.5. The van der Waals surface area contributed by atoms with Crippen molar-refractivity contribution in [3.8, 4) is 0 Å². The van der Waals surface area contributed by atoms with Crippen LogP contribution >= 0.6 is 0 Å². The Balaban J connectivity index is 2.38. The number of hydrogen-bond acceptors (Lipinski definition) is 1. The minimum absolute atomic E-state index is 0.630. The minimum atomic E-state index is 0.630. The molecule has 0 amide bonds. The highest BCUT2D eigenvalue weighted by molar-refractivity contribution is 5.77. The third-order valence-electron chi connectivity index (χ3n) is 2.75. The maximum Gasteiger partial charge on any atom is 0.191 e. The second-order valence-corrected chi connectivity index (χ2v) is 4.29. The van der Waals surface area contributed by atoms with Gasteiger partial charge in [0.1, 0.15) is 0 Å². The van der Waals surface area contributed by atoms with Gasteiger partial charge in [0.05, 0.1) is 6.54 Å². The summed E-state index contributed by atoms with van der Waals surface area (Å²) in [6.07, 6.45) is 3.65. The Hall–Kier alpha value is -1.51. The van der Waals surface area contributed by atoms with Gasteiger partial charge in [0.25, 0.3) is 0 Å². The summed E-state index contributed by atoms with van der Waals surface area (Å²) in [6.45, 7) is 3.84. The van der Waals surface area contributed by atoms with Crippen molar-refractivity contribution in [2.24, 2.45) is 10.7 Å². The van der Waals surface area contributed by atoms with Crippen molar-refractivity contribution in [2.45, 2.75) is 32.7 Å². The van der Waals surface area contributed by atoms with Crippen LogP contribution in [0.3, 0.4) is 0 Å². The van der Waals surface area contributed by atoms with Gasteiger partial charge in [-0.2, -0.15) is 0 Å². The molecule has 0 aromatic heterocycles. The molecule has 0 saturated carbocycles. The van der Waals surface area contributed by atoms with Crippen molar-refractivity contribution < 1.29 is 0 Å². The summed E-state index contributed by atoms with van der Waals surface area (Å²) in [5, 5.41) is 0. The average molecular weight is 233 g/mol. The van der Waals surface area contributed by atoms with Gasteiger partial charge in [-0.25, -0.2) is 4.99 Å². The van der Waals surface area contributed by atoms with Crippen molar-refractivity contribution in [2.75, 3.05) is 13.6 Å². The van der Waals surface area contributed by atoms with E-state index in [4.69, 9.17) is 5.73 Å². The summed E-state index contributed by atoms with van der Waals surface area (Å²) in [4.78, 5) is 6.42. The van der Waals surface area contributed by atoms with Crippen LogP contribution in [-0.2, 0) is 6.54 Å². The van der Waals surface area contributed by atoms with Crippen LogP contribution in [0.4, 0.5) is 0 Å². The van der Waals surface area contributed by atoms with Crippen molar-refractivity contribution >= 4 is 5.96 Å². The molecule has 1 aromatic carbocycles.